The Morgan fingerprint density at radius 2 is 1.91 bits per heavy atom. The maximum atomic E-state index is 13.5. The molecule has 0 radical (unpaired) electrons. The van der Waals surface area contributed by atoms with Crippen molar-refractivity contribution < 1.29 is 18.7 Å². The highest BCUT2D eigenvalue weighted by Gasteiger charge is 2.69. The van der Waals surface area contributed by atoms with Crippen molar-refractivity contribution in [2.45, 2.75) is 37.3 Å². The lowest BCUT2D eigenvalue weighted by atomic mass is 9.44. The minimum Gasteiger partial charge on any atom is -0.484 e. The Kier molecular flexibility index (Phi) is 4.89. The zero-order valence-electron chi connectivity index (χ0n) is 17.7. The number of nitrogens with one attached hydrogen (secondary N) is 2. The maximum absolute atomic E-state index is 13.5. The summed E-state index contributed by atoms with van der Waals surface area (Å²) < 4.78 is 20.1. The van der Waals surface area contributed by atoms with Crippen molar-refractivity contribution in [2.24, 2.45) is 0 Å². The number of nitrogens with zero attached hydrogens (tertiary/aromatic N) is 2. The second kappa shape index (κ2) is 7.55. The van der Waals surface area contributed by atoms with Crippen LogP contribution in [0, 0.1) is 12.7 Å². The highest BCUT2D eigenvalue weighted by molar-refractivity contribution is 6.30. The van der Waals surface area contributed by atoms with E-state index in [0.717, 1.165) is 11.6 Å². The van der Waals surface area contributed by atoms with Crippen LogP contribution in [0.3, 0.4) is 0 Å². The van der Waals surface area contributed by atoms with Crippen LogP contribution in [0.25, 0.3) is 5.65 Å². The Morgan fingerprint density at radius 1 is 1.18 bits per heavy atom. The minimum atomic E-state index is -0.622. The van der Waals surface area contributed by atoms with Crippen LogP contribution in [0.5, 0.6) is 5.75 Å². The average Bonchev–Trinajstić information content (AvgIpc) is 2.72. The van der Waals surface area contributed by atoms with Crippen molar-refractivity contribution in [3.05, 3.63) is 75.0 Å². The van der Waals surface area contributed by atoms with Crippen molar-refractivity contribution in [3.8, 4) is 5.75 Å². The van der Waals surface area contributed by atoms with E-state index in [9.17, 15) is 18.8 Å². The van der Waals surface area contributed by atoms with E-state index in [2.05, 4.69) is 15.6 Å². The van der Waals surface area contributed by atoms with Gasteiger partial charge >= 0.3 is 0 Å². The molecule has 3 saturated carbocycles. The van der Waals surface area contributed by atoms with E-state index < -0.39 is 28.4 Å². The SMILES string of the molecule is Cc1ccn2c(=O)c(C(=O)NC34CC(NC(=O)COc5ccc(Cl)c(F)c5)(C3)C4)cnc2c1. The number of aryl methyl sites for hydroxylation is 1. The van der Waals surface area contributed by atoms with Gasteiger partial charge in [-0.15, -0.1) is 0 Å². The van der Waals surface area contributed by atoms with Crippen LogP contribution in [0.2, 0.25) is 5.02 Å². The molecular weight excluding hydrogens is 451 g/mol. The monoisotopic (exact) mass is 470 g/mol. The molecule has 2 heterocycles. The van der Waals surface area contributed by atoms with Gasteiger partial charge in [0.2, 0.25) is 0 Å². The number of pyridine rings is 1. The second-order valence-corrected chi connectivity index (χ2v) is 9.27. The van der Waals surface area contributed by atoms with Crippen LogP contribution in [0.15, 0.2) is 47.5 Å². The summed E-state index contributed by atoms with van der Waals surface area (Å²) in [4.78, 5) is 41.9. The minimum absolute atomic E-state index is 0.0229. The Hall–Kier alpha value is -3.46. The van der Waals surface area contributed by atoms with Crippen LogP contribution >= 0.6 is 11.6 Å². The van der Waals surface area contributed by atoms with Crippen LogP contribution in [-0.4, -0.2) is 38.9 Å². The molecule has 2 aromatic heterocycles. The molecule has 8 nitrogen and oxygen atoms in total. The summed E-state index contributed by atoms with van der Waals surface area (Å²) in [6.07, 6.45) is 4.59. The third-order valence-electron chi connectivity index (χ3n) is 6.18. The Bertz CT molecular complexity index is 1350. The molecule has 0 atom stereocenters. The topological polar surface area (TPSA) is 102 Å². The number of halogens is 2. The summed E-state index contributed by atoms with van der Waals surface area (Å²) in [7, 11) is 0. The van der Waals surface area contributed by atoms with E-state index in [1.165, 1.54) is 22.7 Å². The molecule has 33 heavy (non-hydrogen) atoms. The highest BCUT2D eigenvalue weighted by Crippen LogP contribution is 2.60. The molecule has 0 aliphatic heterocycles. The third kappa shape index (κ3) is 3.82. The van der Waals surface area contributed by atoms with E-state index in [4.69, 9.17) is 16.3 Å². The molecule has 3 aliphatic carbocycles. The van der Waals surface area contributed by atoms with Crippen molar-refractivity contribution in [1.82, 2.24) is 20.0 Å². The molecule has 3 fully saturated rings. The van der Waals surface area contributed by atoms with Crippen LogP contribution in [-0.2, 0) is 4.79 Å². The number of amides is 2. The number of carbonyl (C=O) groups excluding carboxylic acids is 2. The number of hydrogen-bond donors (Lipinski definition) is 2. The largest absolute Gasteiger partial charge is 0.484 e. The molecule has 10 heteroatoms. The third-order valence-corrected chi connectivity index (χ3v) is 6.49. The van der Waals surface area contributed by atoms with Crippen molar-refractivity contribution in [3.63, 3.8) is 0 Å². The molecule has 0 spiro atoms. The Morgan fingerprint density at radius 3 is 2.64 bits per heavy atom. The maximum Gasteiger partial charge on any atom is 0.270 e. The van der Waals surface area contributed by atoms with Gasteiger partial charge in [-0.3, -0.25) is 18.8 Å². The first kappa shape index (κ1) is 21.4. The standard InChI is InChI=1S/C23H20ClFN4O4/c1-13-4-5-29-18(6-13)26-8-15(21(29)32)20(31)28-23-10-22(11-23,12-23)27-19(30)9-33-14-2-3-16(24)17(25)7-14/h2-8H,9-12H2,1H3,(H,27,30)(H,28,31). The highest BCUT2D eigenvalue weighted by atomic mass is 35.5. The molecule has 3 aromatic rings. The molecule has 3 aliphatic rings. The molecule has 2 bridgehead atoms. The van der Waals surface area contributed by atoms with Crippen molar-refractivity contribution in [1.29, 1.82) is 0 Å². The van der Waals surface area contributed by atoms with E-state index in [1.54, 1.807) is 18.3 Å². The Labute approximate surface area is 192 Å². The second-order valence-electron chi connectivity index (χ2n) is 8.87. The summed E-state index contributed by atoms with van der Waals surface area (Å²) >= 11 is 5.63. The van der Waals surface area contributed by atoms with Gasteiger partial charge < -0.3 is 15.4 Å². The normalized spacial score (nSPS) is 22.8. The van der Waals surface area contributed by atoms with Gasteiger partial charge in [0.25, 0.3) is 17.4 Å². The van der Waals surface area contributed by atoms with Crippen LogP contribution < -0.4 is 20.9 Å². The smallest absolute Gasteiger partial charge is 0.270 e. The fourth-order valence-corrected chi connectivity index (χ4v) is 4.86. The quantitative estimate of drug-likeness (QED) is 0.576. The van der Waals surface area contributed by atoms with E-state index >= 15 is 0 Å². The predicted molar refractivity (Wildman–Crippen MR) is 118 cm³/mol. The molecule has 170 valence electrons. The fourth-order valence-electron chi connectivity index (χ4n) is 4.74. The average molecular weight is 471 g/mol. The lowest BCUT2D eigenvalue weighted by Gasteiger charge is -2.70. The number of ether oxygens (including phenoxy) is 1. The first-order valence-corrected chi connectivity index (χ1v) is 10.7. The molecule has 0 unspecified atom stereocenters. The molecular formula is C23H20ClFN4O4. The molecule has 0 saturated heterocycles. The van der Waals surface area contributed by atoms with Crippen molar-refractivity contribution in [2.75, 3.05) is 6.61 Å². The molecule has 2 amide bonds. The zero-order chi connectivity index (χ0) is 23.4. The first-order chi connectivity index (χ1) is 15.7. The number of fused-ring (bicyclic) bond motifs is 1. The zero-order valence-corrected chi connectivity index (χ0v) is 18.4. The van der Waals surface area contributed by atoms with Gasteiger partial charge in [-0.2, -0.15) is 0 Å². The molecule has 6 rings (SSSR count). The van der Waals surface area contributed by atoms with Gasteiger partial charge in [0.15, 0.2) is 6.61 Å². The lowest BCUT2D eigenvalue weighted by Crippen LogP contribution is -2.84. The first-order valence-electron chi connectivity index (χ1n) is 10.4. The van der Waals surface area contributed by atoms with Crippen LogP contribution in [0.1, 0.15) is 35.2 Å². The van der Waals surface area contributed by atoms with Gasteiger partial charge in [-0.25, -0.2) is 9.37 Å². The summed E-state index contributed by atoms with van der Waals surface area (Å²) in [5, 5.41) is 5.83. The van der Waals surface area contributed by atoms with Gasteiger partial charge in [-0.1, -0.05) is 11.6 Å². The van der Waals surface area contributed by atoms with Crippen molar-refractivity contribution >= 4 is 29.1 Å². The van der Waals surface area contributed by atoms with Crippen LogP contribution in [0.4, 0.5) is 4.39 Å². The summed E-state index contributed by atoms with van der Waals surface area (Å²) in [6.45, 7) is 1.63. The summed E-state index contributed by atoms with van der Waals surface area (Å²) in [5.41, 5.74) is 0.154. The fraction of sp³-hybridized carbons (Fsp3) is 0.304. The van der Waals surface area contributed by atoms with E-state index in [1.807, 2.05) is 6.92 Å². The number of hydrogen-bond acceptors (Lipinski definition) is 5. The summed E-state index contributed by atoms with van der Waals surface area (Å²) in [5.74, 6) is -1.23. The lowest BCUT2D eigenvalue weighted by molar-refractivity contribution is -0.141. The number of aromatic nitrogens is 2. The van der Waals surface area contributed by atoms with Gasteiger partial charge in [0, 0.05) is 29.5 Å². The Balaban J connectivity index is 1.16. The number of carbonyl (C=O) groups is 2. The van der Waals surface area contributed by atoms with E-state index in [-0.39, 0.29) is 28.8 Å². The van der Waals surface area contributed by atoms with Gasteiger partial charge in [0.1, 0.15) is 22.8 Å². The number of benzene rings is 1. The molecule has 1 aromatic carbocycles. The van der Waals surface area contributed by atoms with Gasteiger partial charge in [0.05, 0.1) is 5.02 Å². The summed E-state index contributed by atoms with van der Waals surface area (Å²) in [6, 6.07) is 7.50. The predicted octanol–water partition coefficient (Wildman–Crippen LogP) is 2.40. The van der Waals surface area contributed by atoms with Gasteiger partial charge in [-0.05, 0) is 56.0 Å². The van der Waals surface area contributed by atoms with E-state index in [0.29, 0.717) is 24.9 Å². The molecule has 2 N–H and O–H groups in total. The number of rotatable bonds is 6.